The van der Waals surface area contributed by atoms with Crippen LogP contribution in [0.4, 0.5) is 0 Å². The molecule has 1 saturated carbocycles. The lowest BCUT2D eigenvalue weighted by Crippen LogP contribution is -2.25. The molecule has 1 aliphatic rings. The Balaban J connectivity index is 2.66. The zero-order valence-corrected chi connectivity index (χ0v) is 11.6. The molecule has 2 unspecified atom stereocenters. The van der Waals surface area contributed by atoms with Gasteiger partial charge in [-0.05, 0) is 42.9 Å². The highest BCUT2D eigenvalue weighted by molar-refractivity contribution is 5.17. The van der Waals surface area contributed by atoms with Gasteiger partial charge in [0.1, 0.15) is 0 Å². The van der Waals surface area contributed by atoms with E-state index in [0.717, 1.165) is 18.3 Å². The maximum absolute atomic E-state index is 3.82. The van der Waals surface area contributed by atoms with Crippen LogP contribution in [-0.2, 0) is 0 Å². The van der Waals surface area contributed by atoms with Gasteiger partial charge in [-0.1, -0.05) is 51.8 Å². The molecule has 92 valence electrons. The molecule has 16 heavy (non-hydrogen) atoms. The second-order valence-corrected chi connectivity index (χ2v) is 6.20. The SMILES string of the molecule is C=CCC(C)CC=C1C(C)CCCC1(C)C. The van der Waals surface area contributed by atoms with E-state index in [1.54, 1.807) is 5.57 Å². The normalized spacial score (nSPS) is 29.0. The molecular formula is C16H28. The van der Waals surface area contributed by atoms with Crippen molar-refractivity contribution in [3.8, 4) is 0 Å². The Hall–Kier alpha value is -0.520. The van der Waals surface area contributed by atoms with E-state index in [4.69, 9.17) is 0 Å². The third kappa shape index (κ3) is 3.50. The third-order valence-corrected chi connectivity index (χ3v) is 4.06. The summed E-state index contributed by atoms with van der Waals surface area (Å²) in [5.74, 6) is 1.54. The summed E-state index contributed by atoms with van der Waals surface area (Å²) in [6, 6.07) is 0. The molecule has 1 aliphatic carbocycles. The van der Waals surface area contributed by atoms with Crippen LogP contribution >= 0.6 is 0 Å². The summed E-state index contributed by atoms with van der Waals surface area (Å²) < 4.78 is 0. The minimum absolute atomic E-state index is 0.436. The van der Waals surface area contributed by atoms with Crippen molar-refractivity contribution in [2.45, 2.75) is 59.8 Å². The van der Waals surface area contributed by atoms with Crippen LogP contribution in [0.15, 0.2) is 24.3 Å². The van der Waals surface area contributed by atoms with Gasteiger partial charge in [0, 0.05) is 0 Å². The first-order valence-corrected chi connectivity index (χ1v) is 6.79. The number of allylic oxidation sites excluding steroid dienone is 3. The van der Waals surface area contributed by atoms with Gasteiger partial charge < -0.3 is 0 Å². The minimum Gasteiger partial charge on any atom is -0.103 e. The quantitative estimate of drug-likeness (QED) is 0.559. The Morgan fingerprint density at radius 3 is 2.69 bits per heavy atom. The van der Waals surface area contributed by atoms with Gasteiger partial charge >= 0.3 is 0 Å². The van der Waals surface area contributed by atoms with Crippen molar-refractivity contribution in [1.82, 2.24) is 0 Å². The summed E-state index contributed by atoms with van der Waals surface area (Å²) >= 11 is 0. The average molecular weight is 220 g/mol. The van der Waals surface area contributed by atoms with Gasteiger partial charge in [-0.2, -0.15) is 0 Å². The maximum atomic E-state index is 3.82. The van der Waals surface area contributed by atoms with Crippen molar-refractivity contribution < 1.29 is 0 Å². The van der Waals surface area contributed by atoms with Gasteiger partial charge in [-0.25, -0.2) is 0 Å². The highest BCUT2D eigenvalue weighted by atomic mass is 14.4. The molecule has 1 fully saturated rings. The summed E-state index contributed by atoms with van der Waals surface area (Å²) in [5, 5.41) is 0. The molecule has 0 aromatic carbocycles. The van der Waals surface area contributed by atoms with Crippen LogP contribution in [-0.4, -0.2) is 0 Å². The van der Waals surface area contributed by atoms with E-state index >= 15 is 0 Å². The van der Waals surface area contributed by atoms with Crippen molar-refractivity contribution in [3.63, 3.8) is 0 Å². The Kier molecular flexibility index (Phi) is 4.83. The molecule has 0 heterocycles. The molecule has 0 saturated heterocycles. The summed E-state index contributed by atoms with van der Waals surface area (Å²) in [6.45, 7) is 13.3. The number of rotatable bonds is 4. The van der Waals surface area contributed by atoms with Crippen LogP contribution in [0.5, 0.6) is 0 Å². The predicted octanol–water partition coefficient (Wildman–Crippen LogP) is 5.36. The van der Waals surface area contributed by atoms with Gasteiger partial charge in [0.05, 0.1) is 0 Å². The summed E-state index contributed by atoms with van der Waals surface area (Å²) in [5.41, 5.74) is 2.14. The van der Waals surface area contributed by atoms with E-state index < -0.39 is 0 Å². The number of hydrogen-bond acceptors (Lipinski definition) is 0. The van der Waals surface area contributed by atoms with Crippen LogP contribution in [0.3, 0.4) is 0 Å². The third-order valence-electron chi connectivity index (χ3n) is 4.06. The largest absolute Gasteiger partial charge is 0.103 e. The molecule has 0 aliphatic heterocycles. The lowest BCUT2D eigenvalue weighted by Gasteiger charge is -2.37. The fourth-order valence-corrected chi connectivity index (χ4v) is 3.00. The second-order valence-electron chi connectivity index (χ2n) is 6.20. The lowest BCUT2D eigenvalue weighted by molar-refractivity contribution is 0.287. The molecule has 1 rings (SSSR count). The molecule has 0 radical (unpaired) electrons. The Morgan fingerprint density at radius 1 is 1.44 bits per heavy atom. The zero-order valence-electron chi connectivity index (χ0n) is 11.6. The van der Waals surface area contributed by atoms with Crippen molar-refractivity contribution in [3.05, 3.63) is 24.3 Å². The highest BCUT2D eigenvalue weighted by Crippen LogP contribution is 2.43. The Bertz CT molecular complexity index is 257. The molecule has 0 aromatic heterocycles. The monoisotopic (exact) mass is 220 g/mol. The summed E-state index contributed by atoms with van der Waals surface area (Å²) in [4.78, 5) is 0. The second kappa shape index (κ2) is 5.70. The topological polar surface area (TPSA) is 0 Å². The first-order valence-electron chi connectivity index (χ1n) is 6.79. The first-order chi connectivity index (χ1) is 7.47. The van der Waals surface area contributed by atoms with E-state index in [2.05, 4.69) is 40.3 Å². The average Bonchev–Trinajstić information content (AvgIpc) is 2.16. The van der Waals surface area contributed by atoms with Crippen LogP contribution in [0.25, 0.3) is 0 Å². The Labute approximate surface area is 102 Å². The van der Waals surface area contributed by atoms with Gasteiger partial charge in [0.25, 0.3) is 0 Å². The van der Waals surface area contributed by atoms with Crippen LogP contribution in [0.2, 0.25) is 0 Å². The zero-order chi connectivity index (χ0) is 12.2. The summed E-state index contributed by atoms with van der Waals surface area (Å²) in [7, 11) is 0. The van der Waals surface area contributed by atoms with Crippen molar-refractivity contribution in [1.29, 1.82) is 0 Å². The van der Waals surface area contributed by atoms with E-state index in [9.17, 15) is 0 Å². The predicted molar refractivity (Wildman–Crippen MR) is 73.5 cm³/mol. The van der Waals surface area contributed by atoms with E-state index in [1.807, 2.05) is 6.08 Å². The minimum atomic E-state index is 0.436. The van der Waals surface area contributed by atoms with Gasteiger partial charge in [-0.3, -0.25) is 0 Å². The summed E-state index contributed by atoms with van der Waals surface area (Å²) in [6.07, 6.45) is 11.1. The highest BCUT2D eigenvalue weighted by Gasteiger charge is 2.30. The lowest BCUT2D eigenvalue weighted by atomic mass is 9.68. The van der Waals surface area contributed by atoms with Gasteiger partial charge in [0.2, 0.25) is 0 Å². The molecular weight excluding hydrogens is 192 g/mol. The molecule has 0 heteroatoms. The first kappa shape index (κ1) is 13.5. The molecule has 2 atom stereocenters. The van der Waals surface area contributed by atoms with Crippen molar-refractivity contribution >= 4 is 0 Å². The standard InChI is InChI=1S/C16H28/c1-6-8-13(2)10-11-15-14(3)9-7-12-16(15,4)5/h6,11,13-14H,1,7-10,12H2,2-5H3. The molecule has 0 spiro atoms. The number of hydrogen-bond donors (Lipinski definition) is 0. The maximum Gasteiger partial charge on any atom is -0.0142 e. The van der Waals surface area contributed by atoms with Crippen molar-refractivity contribution in [2.24, 2.45) is 17.3 Å². The molecule has 0 bridgehead atoms. The van der Waals surface area contributed by atoms with Crippen molar-refractivity contribution in [2.75, 3.05) is 0 Å². The van der Waals surface area contributed by atoms with Crippen LogP contribution in [0.1, 0.15) is 59.8 Å². The smallest absolute Gasteiger partial charge is 0.0142 e. The van der Waals surface area contributed by atoms with Crippen LogP contribution < -0.4 is 0 Å². The van der Waals surface area contributed by atoms with Gasteiger partial charge in [-0.15, -0.1) is 6.58 Å². The van der Waals surface area contributed by atoms with E-state index in [-0.39, 0.29) is 0 Å². The van der Waals surface area contributed by atoms with E-state index in [1.165, 1.54) is 25.7 Å². The molecule has 0 N–H and O–H groups in total. The molecule has 0 aromatic rings. The molecule has 0 nitrogen and oxygen atoms in total. The fourth-order valence-electron chi connectivity index (χ4n) is 3.00. The van der Waals surface area contributed by atoms with E-state index in [0.29, 0.717) is 5.41 Å². The Morgan fingerprint density at radius 2 is 2.12 bits per heavy atom. The fraction of sp³-hybridized carbons (Fsp3) is 0.750. The van der Waals surface area contributed by atoms with Gasteiger partial charge in [0.15, 0.2) is 0 Å². The molecule has 0 amide bonds. The van der Waals surface area contributed by atoms with Crippen LogP contribution in [0, 0.1) is 17.3 Å².